The van der Waals surface area contributed by atoms with E-state index >= 15 is 0 Å². The van der Waals surface area contributed by atoms with Crippen molar-refractivity contribution in [2.45, 2.75) is 52.1 Å². The highest BCUT2D eigenvalue weighted by Crippen LogP contribution is 2.31. The molecule has 0 aromatic rings. The minimum Gasteiger partial charge on any atom is -0.392 e. The summed E-state index contributed by atoms with van der Waals surface area (Å²) >= 11 is 0. The normalized spacial score (nSPS) is 18.9. The number of hydrogen-bond donors (Lipinski definition) is 2. The van der Waals surface area contributed by atoms with Gasteiger partial charge in [0, 0.05) is 6.54 Å². The molecule has 2 heteroatoms. The zero-order valence-corrected chi connectivity index (χ0v) is 9.63. The molecule has 1 unspecified atom stereocenters. The van der Waals surface area contributed by atoms with E-state index in [1.54, 1.807) is 0 Å². The maximum absolute atomic E-state index is 9.83. The van der Waals surface area contributed by atoms with Crippen molar-refractivity contribution >= 4 is 0 Å². The lowest BCUT2D eigenvalue weighted by molar-refractivity contribution is 0.101. The summed E-state index contributed by atoms with van der Waals surface area (Å²) in [6, 6.07) is 0. The molecule has 0 aromatic carbocycles. The highest BCUT2D eigenvalue weighted by molar-refractivity contribution is 4.75. The van der Waals surface area contributed by atoms with E-state index in [2.05, 4.69) is 19.2 Å². The zero-order valence-electron chi connectivity index (χ0n) is 9.63. The summed E-state index contributed by atoms with van der Waals surface area (Å²) in [6.07, 6.45) is 6.18. The fraction of sp³-hybridized carbons (Fsp3) is 1.00. The molecule has 1 aliphatic rings. The standard InChI is InChI=1S/C12H25NO/c1-3-11(4-2)12(14)9-13-8-7-10-5-6-10/h10-14H,3-9H2,1-2H3. The Morgan fingerprint density at radius 3 is 2.43 bits per heavy atom. The predicted octanol–water partition coefficient (Wildman–Crippen LogP) is 2.17. The van der Waals surface area contributed by atoms with Gasteiger partial charge in [-0.25, -0.2) is 0 Å². The van der Waals surface area contributed by atoms with Crippen LogP contribution in [0.1, 0.15) is 46.0 Å². The van der Waals surface area contributed by atoms with Crippen molar-refractivity contribution in [1.29, 1.82) is 0 Å². The molecule has 1 fully saturated rings. The second-order valence-electron chi connectivity index (χ2n) is 4.58. The van der Waals surface area contributed by atoms with Crippen LogP contribution in [0.4, 0.5) is 0 Å². The fourth-order valence-electron chi connectivity index (χ4n) is 1.96. The average molecular weight is 199 g/mol. The van der Waals surface area contributed by atoms with Crippen molar-refractivity contribution in [1.82, 2.24) is 5.32 Å². The Morgan fingerprint density at radius 1 is 1.29 bits per heavy atom. The lowest BCUT2D eigenvalue weighted by atomic mass is 9.96. The van der Waals surface area contributed by atoms with E-state index in [1.807, 2.05) is 0 Å². The molecule has 0 radical (unpaired) electrons. The summed E-state index contributed by atoms with van der Waals surface area (Å²) in [4.78, 5) is 0. The molecule has 2 N–H and O–H groups in total. The maximum atomic E-state index is 9.83. The van der Waals surface area contributed by atoms with Crippen LogP contribution >= 0.6 is 0 Å². The number of nitrogens with one attached hydrogen (secondary N) is 1. The van der Waals surface area contributed by atoms with Crippen molar-refractivity contribution in [3.63, 3.8) is 0 Å². The molecule has 2 nitrogen and oxygen atoms in total. The maximum Gasteiger partial charge on any atom is 0.0692 e. The monoisotopic (exact) mass is 199 g/mol. The van der Waals surface area contributed by atoms with E-state index in [1.165, 1.54) is 19.3 Å². The molecule has 0 aliphatic heterocycles. The Morgan fingerprint density at radius 2 is 1.93 bits per heavy atom. The molecule has 1 rings (SSSR count). The van der Waals surface area contributed by atoms with Gasteiger partial charge in [-0.3, -0.25) is 0 Å². The molecule has 0 bridgehead atoms. The predicted molar refractivity (Wildman–Crippen MR) is 60.3 cm³/mol. The van der Waals surface area contributed by atoms with E-state index < -0.39 is 0 Å². The summed E-state index contributed by atoms with van der Waals surface area (Å²) < 4.78 is 0. The molecule has 0 spiro atoms. The van der Waals surface area contributed by atoms with E-state index in [4.69, 9.17) is 0 Å². The zero-order chi connectivity index (χ0) is 10.4. The number of rotatable bonds is 8. The van der Waals surface area contributed by atoms with Gasteiger partial charge in [0.05, 0.1) is 6.10 Å². The van der Waals surface area contributed by atoms with Crippen molar-refractivity contribution in [3.8, 4) is 0 Å². The first-order valence-corrected chi connectivity index (χ1v) is 6.16. The number of aliphatic hydroxyl groups excluding tert-OH is 1. The largest absolute Gasteiger partial charge is 0.392 e. The van der Waals surface area contributed by atoms with Gasteiger partial charge in [0.25, 0.3) is 0 Å². The second kappa shape index (κ2) is 6.41. The van der Waals surface area contributed by atoms with Crippen LogP contribution < -0.4 is 5.32 Å². The molecule has 14 heavy (non-hydrogen) atoms. The van der Waals surface area contributed by atoms with Crippen LogP contribution in [0.2, 0.25) is 0 Å². The van der Waals surface area contributed by atoms with Gasteiger partial charge in [-0.15, -0.1) is 0 Å². The summed E-state index contributed by atoms with van der Waals surface area (Å²) in [5, 5.41) is 13.2. The molecule has 0 heterocycles. The van der Waals surface area contributed by atoms with Gasteiger partial charge >= 0.3 is 0 Å². The van der Waals surface area contributed by atoms with Crippen LogP contribution in [0.3, 0.4) is 0 Å². The molecule has 1 saturated carbocycles. The third-order valence-electron chi connectivity index (χ3n) is 3.37. The molecule has 1 aliphatic carbocycles. The minimum atomic E-state index is -0.149. The quantitative estimate of drug-likeness (QED) is 0.587. The van der Waals surface area contributed by atoms with Gasteiger partial charge < -0.3 is 10.4 Å². The van der Waals surface area contributed by atoms with Gasteiger partial charge in [-0.2, -0.15) is 0 Å². The van der Waals surface area contributed by atoms with Gasteiger partial charge in [-0.1, -0.05) is 39.5 Å². The lowest BCUT2D eigenvalue weighted by Gasteiger charge is -2.20. The van der Waals surface area contributed by atoms with Gasteiger partial charge in [0.2, 0.25) is 0 Å². The molecule has 1 atom stereocenters. The molecular formula is C12H25NO. The summed E-state index contributed by atoms with van der Waals surface area (Å²) in [7, 11) is 0. The SMILES string of the molecule is CCC(CC)C(O)CNCCC1CC1. The first kappa shape index (κ1) is 12.0. The third-order valence-corrected chi connectivity index (χ3v) is 3.37. The molecule has 0 aromatic heterocycles. The molecular weight excluding hydrogens is 174 g/mol. The molecule has 0 saturated heterocycles. The highest BCUT2D eigenvalue weighted by Gasteiger charge is 2.20. The highest BCUT2D eigenvalue weighted by atomic mass is 16.3. The van der Waals surface area contributed by atoms with Crippen LogP contribution in [0, 0.1) is 11.8 Å². The summed E-state index contributed by atoms with van der Waals surface area (Å²) in [6.45, 7) is 6.17. The summed E-state index contributed by atoms with van der Waals surface area (Å²) in [5.74, 6) is 1.47. The Bertz CT molecular complexity index is 141. The Kier molecular flexibility index (Phi) is 5.49. The molecule has 84 valence electrons. The van der Waals surface area contributed by atoms with E-state index in [9.17, 15) is 5.11 Å². The van der Waals surface area contributed by atoms with Crippen LogP contribution in [0.15, 0.2) is 0 Å². The second-order valence-corrected chi connectivity index (χ2v) is 4.58. The van der Waals surface area contributed by atoms with Crippen LogP contribution in [-0.2, 0) is 0 Å². The van der Waals surface area contributed by atoms with E-state index in [0.29, 0.717) is 5.92 Å². The average Bonchev–Trinajstić information content (AvgIpc) is 2.98. The van der Waals surface area contributed by atoms with Crippen molar-refractivity contribution < 1.29 is 5.11 Å². The third kappa shape index (κ3) is 4.43. The van der Waals surface area contributed by atoms with Gasteiger partial charge in [-0.05, 0) is 24.8 Å². The Labute approximate surface area is 88.1 Å². The smallest absolute Gasteiger partial charge is 0.0692 e. The first-order valence-electron chi connectivity index (χ1n) is 6.16. The Balaban J connectivity index is 1.97. The summed E-state index contributed by atoms with van der Waals surface area (Å²) in [5.41, 5.74) is 0. The Hall–Kier alpha value is -0.0800. The minimum absolute atomic E-state index is 0.149. The topological polar surface area (TPSA) is 32.3 Å². The van der Waals surface area contributed by atoms with Gasteiger partial charge in [0.1, 0.15) is 0 Å². The van der Waals surface area contributed by atoms with Crippen molar-refractivity contribution in [3.05, 3.63) is 0 Å². The molecule has 0 amide bonds. The van der Waals surface area contributed by atoms with E-state index in [-0.39, 0.29) is 6.10 Å². The number of aliphatic hydroxyl groups is 1. The van der Waals surface area contributed by atoms with Crippen molar-refractivity contribution in [2.75, 3.05) is 13.1 Å². The van der Waals surface area contributed by atoms with Gasteiger partial charge in [0.15, 0.2) is 0 Å². The van der Waals surface area contributed by atoms with E-state index in [0.717, 1.165) is 31.8 Å². The van der Waals surface area contributed by atoms with Crippen LogP contribution in [0.5, 0.6) is 0 Å². The first-order chi connectivity index (χ1) is 6.77. The van der Waals surface area contributed by atoms with Crippen molar-refractivity contribution in [2.24, 2.45) is 11.8 Å². The van der Waals surface area contributed by atoms with Crippen LogP contribution in [-0.4, -0.2) is 24.3 Å². The van der Waals surface area contributed by atoms with Crippen LogP contribution in [0.25, 0.3) is 0 Å². The number of hydrogen-bond acceptors (Lipinski definition) is 2. The fourth-order valence-corrected chi connectivity index (χ4v) is 1.96. The lowest BCUT2D eigenvalue weighted by Crippen LogP contribution is -2.33.